The van der Waals surface area contributed by atoms with Gasteiger partial charge in [0, 0.05) is 24.5 Å². The molecule has 3 aromatic rings. The number of thiophene rings is 1. The monoisotopic (exact) mass is 300 g/mol. The number of hydrogen-bond acceptors (Lipinski definition) is 6. The van der Waals surface area contributed by atoms with E-state index in [1.807, 2.05) is 23.7 Å². The topological polar surface area (TPSA) is 85.6 Å². The Balaban J connectivity index is 1.60. The summed E-state index contributed by atoms with van der Waals surface area (Å²) >= 11 is 1.64. The van der Waals surface area contributed by atoms with Crippen molar-refractivity contribution in [3.05, 3.63) is 47.2 Å². The Morgan fingerprint density at radius 3 is 3.05 bits per heavy atom. The number of hydrogen-bond donors (Lipinski definition) is 1. The highest BCUT2D eigenvalue weighted by Gasteiger charge is 2.05. The fourth-order valence-electron chi connectivity index (χ4n) is 1.83. The molecule has 3 aromatic heterocycles. The minimum Gasteiger partial charge on any atom is -0.350 e. The first-order valence-electron chi connectivity index (χ1n) is 6.25. The highest BCUT2D eigenvalue weighted by atomic mass is 32.1. The summed E-state index contributed by atoms with van der Waals surface area (Å²) in [4.78, 5) is 16.0. The largest absolute Gasteiger partial charge is 0.350 e. The van der Waals surface area contributed by atoms with Crippen molar-refractivity contribution in [2.75, 3.05) is 0 Å². The van der Waals surface area contributed by atoms with Crippen LogP contribution < -0.4 is 5.32 Å². The van der Waals surface area contributed by atoms with Crippen LogP contribution in [0, 0.1) is 0 Å². The van der Waals surface area contributed by atoms with Crippen molar-refractivity contribution in [3.8, 4) is 11.1 Å². The first-order valence-corrected chi connectivity index (χ1v) is 7.19. The zero-order chi connectivity index (χ0) is 14.5. The Kier molecular flexibility index (Phi) is 3.97. The Hall–Kier alpha value is -2.61. The zero-order valence-corrected chi connectivity index (χ0v) is 11.8. The average molecular weight is 300 g/mol. The minimum absolute atomic E-state index is 0.102. The summed E-state index contributed by atoms with van der Waals surface area (Å²) in [5.74, 6) is -0.150. The lowest BCUT2D eigenvalue weighted by molar-refractivity contribution is -0.122. The Morgan fingerprint density at radius 2 is 2.29 bits per heavy atom. The SMILES string of the molecule is O=C(Cn1cnnn1)NCc1cncc(-c2ccsc2)c1. The molecule has 1 N–H and O–H groups in total. The third kappa shape index (κ3) is 3.48. The van der Waals surface area contributed by atoms with Gasteiger partial charge in [-0.2, -0.15) is 11.3 Å². The van der Waals surface area contributed by atoms with Crippen LogP contribution in [0.4, 0.5) is 0 Å². The summed E-state index contributed by atoms with van der Waals surface area (Å²) in [6, 6.07) is 4.06. The highest BCUT2D eigenvalue weighted by Crippen LogP contribution is 2.21. The normalized spacial score (nSPS) is 10.5. The van der Waals surface area contributed by atoms with Gasteiger partial charge < -0.3 is 5.32 Å². The summed E-state index contributed by atoms with van der Waals surface area (Å²) < 4.78 is 1.37. The third-order valence-corrected chi connectivity index (χ3v) is 3.52. The molecule has 106 valence electrons. The van der Waals surface area contributed by atoms with E-state index in [-0.39, 0.29) is 12.5 Å². The summed E-state index contributed by atoms with van der Waals surface area (Å²) in [7, 11) is 0. The van der Waals surface area contributed by atoms with Crippen LogP contribution in [0.3, 0.4) is 0 Å². The lowest BCUT2D eigenvalue weighted by Crippen LogP contribution is -2.27. The fourth-order valence-corrected chi connectivity index (χ4v) is 2.49. The first kappa shape index (κ1) is 13.4. The Bertz CT molecular complexity index is 710. The van der Waals surface area contributed by atoms with Crippen LogP contribution in [0.2, 0.25) is 0 Å². The van der Waals surface area contributed by atoms with Gasteiger partial charge in [-0.25, -0.2) is 4.68 Å². The van der Waals surface area contributed by atoms with Crippen LogP contribution in [0.25, 0.3) is 11.1 Å². The van der Waals surface area contributed by atoms with Gasteiger partial charge in [-0.1, -0.05) is 0 Å². The van der Waals surface area contributed by atoms with Crippen LogP contribution in [-0.4, -0.2) is 31.1 Å². The van der Waals surface area contributed by atoms with E-state index in [0.717, 1.165) is 16.7 Å². The molecule has 0 radical (unpaired) electrons. The summed E-state index contributed by atoms with van der Waals surface area (Å²) in [5.41, 5.74) is 3.13. The van der Waals surface area contributed by atoms with Gasteiger partial charge in [0.1, 0.15) is 12.9 Å². The predicted octanol–water partition coefficient (Wildman–Crippen LogP) is 1.11. The molecule has 0 atom stereocenters. The molecule has 1 amide bonds. The number of carbonyl (C=O) groups excluding carboxylic acids is 1. The van der Waals surface area contributed by atoms with Crippen molar-refractivity contribution < 1.29 is 4.79 Å². The molecule has 0 aromatic carbocycles. The van der Waals surface area contributed by atoms with Gasteiger partial charge >= 0.3 is 0 Å². The Labute approximate surface area is 124 Å². The molecule has 3 rings (SSSR count). The fraction of sp³-hybridized carbons (Fsp3) is 0.154. The van der Waals surface area contributed by atoms with Gasteiger partial charge in [-0.3, -0.25) is 9.78 Å². The lowest BCUT2D eigenvalue weighted by Gasteiger charge is -2.06. The smallest absolute Gasteiger partial charge is 0.242 e. The van der Waals surface area contributed by atoms with Gasteiger partial charge in [0.15, 0.2) is 0 Å². The van der Waals surface area contributed by atoms with Gasteiger partial charge in [0.25, 0.3) is 0 Å². The average Bonchev–Trinajstić information content (AvgIpc) is 3.19. The maximum atomic E-state index is 11.8. The molecule has 21 heavy (non-hydrogen) atoms. The van der Waals surface area contributed by atoms with Crippen molar-refractivity contribution in [2.45, 2.75) is 13.1 Å². The molecule has 3 heterocycles. The van der Waals surface area contributed by atoms with E-state index >= 15 is 0 Å². The molecule has 0 saturated heterocycles. The highest BCUT2D eigenvalue weighted by molar-refractivity contribution is 7.08. The van der Waals surface area contributed by atoms with Crippen LogP contribution in [0.1, 0.15) is 5.56 Å². The van der Waals surface area contributed by atoms with Gasteiger partial charge in [-0.05, 0) is 44.4 Å². The molecule has 0 unspecified atom stereocenters. The Morgan fingerprint density at radius 1 is 1.33 bits per heavy atom. The van der Waals surface area contributed by atoms with Crippen LogP contribution in [0.5, 0.6) is 0 Å². The van der Waals surface area contributed by atoms with E-state index in [0.29, 0.717) is 6.54 Å². The summed E-state index contributed by atoms with van der Waals surface area (Å²) in [6.07, 6.45) is 4.96. The number of rotatable bonds is 5. The van der Waals surface area contributed by atoms with Crippen molar-refractivity contribution >= 4 is 17.2 Å². The second kappa shape index (κ2) is 6.23. The minimum atomic E-state index is -0.150. The van der Waals surface area contributed by atoms with Crippen molar-refractivity contribution in [2.24, 2.45) is 0 Å². The number of carbonyl (C=O) groups is 1. The van der Waals surface area contributed by atoms with Crippen molar-refractivity contribution in [1.29, 1.82) is 0 Å². The molecule has 0 fully saturated rings. The maximum absolute atomic E-state index is 11.8. The number of nitrogens with one attached hydrogen (secondary N) is 1. The molecule has 0 saturated carbocycles. The van der Waals surface area contributed by atoms with E-state index in [1.165, 1.54) is 11.0 Å². The van der Waals surface area contributed by atoms with Crippen molar-refractivity contribution in [3.63, 3.8) is 0 Å². The zero-order valence-electron chi connectivity index (χ0n) is 11.0. The molecule has 8 heteroatoms. The van der Waals surface area contributed by atoms with E-state index < -0.39 is 0 Å². The molecular formula is C13H12N6OS. The number of amides is 1. The molecule has 0 aliphatic rings. The van der Waals surface area contributed by atoms with E-state index in [1.54, 1.807) is 17.5 Å². The van der Waals surface area contributed by atoms with Crippen LogP contribution in [0.15, 0.2) is 41.6 Å². The summed E-state index contributed by atoms with van der Waals surface area (Å²) in [6.45, 7) is 0.524. The lowest BCUT2D eigenvalue weighted by atomic mass is 10.1. The number of pyridine rings is 1. The summed E-state index contributed by atoms with van der Waals surface area (Å²) in [5, 5.41) is 17.5. The first-order chi connectivity index (χ1) is 10.3. The predicted molar refractivity (Wildman–Crippen MR) is 77.2 cm³/mol. The second-order valence-corrected chi connectivity index (χ2v) is 5.16. The van der Waals surface area contributed by atoms with Crippen LogP contribution in [-0.2, 0) is 17.9 Å². The van der Waals surface area contributed by atoms with Gasteiger partial charge in [0.2, 0.25) is 5.91 Å². The molecule has 0 aliphatic heterocycles. The number of aromatic nitrogens is 5. The third-order valence-electron chi connectivity index (χ3n) is 2.84. The molecule has 0 bridgehead atoms. The molecule has 0 aliphatic carbocycles. The van der Waals surface area contributed by atoms with Crippen molar-refractivity contribution in [1.82, 2.24) is 30.5 Å². The van der Waals surface area contributed by atoms with E-state index in [9.17, 15) is 4.79 Å². The van der Waals surface area contributed by atoms with E-state index in [4.69, 9.17) is 0 Å². The number of nitrogens with zero attached hydrogens (tertiary/aromatic N) is 5. The standard InChI is InChI=1S/C13H12N6OS/c20-13(7-19-9-16-17-18-19)15-5-10-3-12(6-14-4-10)11-1-2-21-8-11/h1-4,6,8-9H,5,7H2,(H,15,20). The van der Waals surface area contributed by atoms with E-state index in [2.05, 4.69) is 31.2 Å². The second-order valence-electron chi connectivity index (χ2n) is 4.38. The number of tetrazole rings is 1. The quantitative estimate of drug-likeness (QED) is 0.763. The maximum Gasteiger partial charge on any atom is 0.242 e. The molecule has 0 spiro atoms. The van der Waals surface area contributed by atoms with Gasteiger partial charge in [0.05, 0.1) is 0 Å². The molecular weight excluding hydrogens is 288 g/mol. The van der Waals surface area contributed by atoms with Gasteiger partial charge in [-0.15, -0.1) is 5.10 Å². The molecule has 7 nitrogen and oxygen atoms in total. The van der Waals surface area contributed by atoms with Crippen LogP contribution >= 0.6 is 11.3 Å².